The lowest BCUT2D eigenvalue weighted by molar-refractivity contribution is -1.63. The lowest BCUT2D eigenvalue weighted by Crippen LogP contribution is -2.33. The number of hydrogen-bond acceptors (Lipinski definition) is 3. The van der Waals surface area contributed by atoms with Crippen LogP contribution in [-0.2, 0) is 3.83 Å². The van der Waals surface area contributed by atoms with Crippen LogP contribution in [0.25, 0.3) is 0 Å². The Balaban J connectivity index is 2.63. The van der Waals surface area contributed by atoms with Crippen molar-refractivity contribution < 1.29 is 27.0 Å². The van der Waals surface area contributed by atoms with Gasteiger partial charge in [0.1, 0.15) is 6.61 Å². The zero-order valence-electron chi connectivity index (χ0n) is 3.31. The van der Waals surface area contributed by atoms with E-state index in [0.717, 1.165) is 0 Å². The molecule has 0 aliphatic carbocycles. The van der Waals surface area contributed by atoms with E-state index in [1.165, 1.54) is 0 Å². The molecule has 0 aliphatic heterocycles. The molecule has 0 saturated carbocycles. The van der Waals surface area contributed by atoms with Crippen molar-refractivity contribution in [3.8, 4) is 0 Å². The van der Waals surface area contributed by atoms with Gasteiger partial charge in [0, 0.05) is 0 Å². The van der Waals surface area contributed by atoms with Crippen LogP contribution in [0.4, 0.5) is 0 Å². The average Bonchev–Trinajstić information content (AvgIpc) is 1.35. The average molecular weight is 157 g/mol. The zero-order chi connectivity index (χ0) is 4.99. The third-order valence-corrected chi connectivity index (χ3v) is 1.03. The molecule has 0 aliphatic rings. The summed E-state index contributed by atoms with van der Waals surface area (Å²) in [6, 6.07) is 0. The van der Waals surface area contributed by atoms with Crippen LogP contribution in [0.2, 0.25) is 0 Å². The lowest BCUT2D eigenvalue weighted by atomic mass is 10.9. The van der Waals surface area contributed by atoms with Crippen LogP contribution in [-0.4, -0.2) is 6.61 Å². The van der Waals surface area contributed by atoms with Crippen molar-refractivity contribution in [1.29, 1.82) is 0 Å². The van der Waals surface area contributed by atoms with Crippen molar-refractivity contribution >= 4 is 0 Å². The van der Waals surface area contributed by atoms with Gasteiger partial charge in [-0.2, -0.15) is 0 Å². The summed E-state index contributed by atoms with van der Waals surface area (Å²) in [5, 5.41) is 0. The summed E-state index contributed by atoms with van der Waals surface area (Å²) in [6.45, 7) is 1.88. The predicted molar refractivity (Wildman–Crippen MR) is 11.6 cm³/mol. The number of hydrogen-bond donors (Lipinski definition) is 0. The van der Waals surface area contributed by atoms with Gasteiger partial charge >= 0.3 is 14.8 Å². The van der Waals surface area contributed by atoms with Gasteiger partial charge in [-0.1, -0.05) is 0 Å². The molecule has 0 amide bonds. The summed E-state index contributed by atoms with van der Waals surface area (Å²) in [5.41, 5.74) is 0. The molecule has 0 saturated heterocycles. The molecular formula is C2H5BrO3. The maximum Gasteiger partial charge on any atom is 0.436 e. The summed E-state index contributed by atoms with van der Waals surface area (Å²) in [5.74, 6) is 0. The Hall–Kier alpha value is 0.360. The first-order valence-corrected chi connectivity index (χ1v) is 3.40. The minimum Gasteiger partial charge on any atom is -0.372 e. The van der Waals surface area contributed by atoms with Gasteiger partial charge in [-0.25, -0.2) is 0 Å². The maximum absolute atomic E-state index is 9.45. The Labute approximate surface area is 41.4 Å². The van der Waals surface area contributed by atoms with Crippen LogP contribution >= 0.6 is 0 Å². The monoisotopic (exact) mass is 156 g/mol. The fourth-order valence-corrected chi connectivity index (χ4v) is 0.463. The lowest BCUT2D eigenvalue weighted by Gasteiger charge is -1.83. The minimum absolute atomic E-state index is 0.252. The molecule has 3 nitrogen and oxygen atoms in total. The highest BCUT2D eigenvalue weighted by molar-refractivity contribution is 3.88. The molecule has 4 heteroatoms. The summed E-state index contributed by atoms with van der Waals surface area (Å²) in [4.78, 5) is 0. The largest absolute Gasteiger partial charge is 0.436 e. The van der Waals surface area contributed by atoms with Gasteiger partial charge in [-0.15, -0.1) is 0 Å². The molecule has 0 heterocycles. The first-order chi connectivity index (χ1) is 2.77. The van der Waals surface area contributed by atoms with Crippen LogP contribution in [0, 0.1) is 14.8 Å². The Kier molecular flexibility index (Phi) is 3.76. The second-order valence-corrected chi connectivity index (χ2v) is 1.84. The van der Waals surface area contributed by atoms with E-state index in [1.54, 1.807) is 6.92 Å². The van der Waals surface area contributed by atoms with Crippen LogP contribution < -0.4 is 8.40 Å². The summed E-state index contributed by atoms with van der Waals surface area (Å²) < 4.78 is 22.9. The van der Waals surface area contributed by atoms with E-state index >= 15 is 0 Å². The number of halogens is 1. The molecule has 0 unspecified atom stereocenters. The molecule has 0 N–H and O–H groups in total. The highest BCUT2D eigenvalue weighted by atomic mass is 80.0. The van der Waals surface area contributed by atoms with Crippen LogP contribution in [0.15, 0.2) is 0 Å². The van der Waals surface area contributed by atoms with Gasteiger partial charge in [0.25, 0.3) is 0 Å². The standard InChI is InChI=1S/C2H5BrO3/c1-2-6-3(4)5/h2H2,1H3. The first kappa shape index (κ1) is 6.36. The fourth-order valence-electron chi connectivity index (χ4n) is 0.0891. The van der Waals surface area contributed by atoms with Gasteiger partial charge in [-0.05, 0) is 10.8 Å². The molecule has 6 heavy (non-hydrogen) atoms. The molecule has 0 fully saturated rings. The second kappa shape index (κ2) is 3.55. The van der Waals surface area contributed by atoms with E-state index in [2.05, 4.69) is 3.83 Å². The number of rotatable bonds is 2. The van der Waals surface area contributed by atoms with Crippen molar-refractivity contribution in [1.82, 2.24) is 0 Å². The van der Waals surface area contributed by atoms with Crippen LogP contribution in [0.1, 0.15) is 6.92 Å². The van der Waals surface area contributed by atoms with E-state index in [9.17, 15) is 8.40 Å². The molecule has 0 bridgehead atoms. The van der Waals surface area contributed by atoms with Crippen molar-refractivity contribution in [2.24, 2.45) is 0 Å². The van der Waals surface area contributed by atoms with Crippen LogP contribution in [0.5, 0.6) is 0 Å². The van der Waals surface area contributed by atoms with Gasteiger partial charge in [0.05, 0.1) is 0 Å². The highest BCUT2D eigenvalue weighted by Gasteiger charge is 2.03. The third-order valence-electron chi connectivity index (χ3n) is 0.198. The maximum atomic E-state index is 9.45. The van der Waals surface area contributed by atoms with Gasteiger partial charge in [0.15, 0.2) is 0 Å². The summed E-state index contributed by atoms with van der Waals surface area (Å²) in [6.07, 6.45) is 0. The van der Waals surface area contributed by atoms with Crippen LogP contribution in [0.3, 0.4) is 0 Å². The minimum atomic E-state index is -2.90. The molecule has 0 aromatic rings. The molecule has 0 atom stereocenters. The van der Waals surface area contributed by atoms with E-state index < -0.39 is 14.8 Å². The van der Waals surface area contributed by atoms with E-state index in [0.29, 0.717) is 0 Å². The smallest absolute Gasteiger partial charge is 0.372 e. The topological polar surface area (TPSA) is 55.3 Å². The van der Waals surface area contributed by atoms with Gasteiger partial charge in [0.2, 0.25) is 0 Å². The Morgan fingerprint density at radius 1 is 1.67 bits per heavy atom. The van der Waals surface area contributed by atoms with E-state index in [4.69, 9.17) is 0 Å². The van der Waals surface area contributed by atoms with Gasteiger partial charge < -0.3 is 8.40 Å². The summed E-state index contributed by atoms with van der Waals surface area (Å²) in [7, 11) is 0. The SMILES string of the molecule is CCO[Br+2]([O-])[O-]. The van der Waals surface area contributed by atoms with Crippen molar-refractivity contribution in [2.75, 3.05) is 6.61 Å². The van der Waals surface area contributed by atoms with Crippen molar-refractivity contribution in [3.05, 3.63) is 0 Å². The zero-order valence-corrected chi connectivity index (χ0v) is 4.90. The molecule has 0 rings (SSSR count). The molecule has 0 radical (unpaired) electrons. The molecule has 0 spiro atoms. The third kappa shape index (κ3) is 4.36. The van der Waals surface area contributed by atoms with E-state index in [1.807, 2.05) is 0 Å². The van der Waals surface area contributed by atoms with Crippen molar-refractivity contribution in [2.45, 2.75) is 6.92 Å². The highest BCUT2D eigenvalue weighted by Crippen LogP contribution is 1.71. The first-order valence-electron chi connectivity index (χ1n) is 1.46. The second-order valence-electron chi connectivity index (χ2n) is 0.587. The molecule has 38 valence electrons. The Morgan fingerprint density at radius 3 is 2.17 bits per heavy atom. The molecule has 0 aromatic heterocycles. The summed E-state index contributed by atoms with van der Waals surface area (Å²) >= 11 is -2.90. The molecular weight excluding hydrogens is 152 g/mol. The molecule has 0 aromatic carbocycles. The predicted octanol–water partition coefficient (Wildman–Crippen LogP) is -1.89. The Morgan fingerprint density at radius 2 is 2.17 bits per heavy atom. The normalized spacial score (nSPS) is 10.0. The quantitative estimate of drug-likeness (QED) is 0.470. The van der Waals surface area contributed by atoms with Gasteiger partial charge in [-0.3, -0.25) is 0 Å². The van der Waals surface area contributed by atoms with Crippen molar-refractivity contribution in [3.63, 3.8) is 0 Å². The Bertz CT molecular complexity index is 30.0. The van der Waals surface area contributed by atoms with E-state index in [-0.39, 0.29) is 6.61 Å². The fraction of sp³-hybridized carbons (Fsp3) is 1.00.